The van der Waals surface area contributed by atoms with E-state index in [1.165, 1.54) is 0 Å². The van der Waals surface area contributed by atoms with Crippen molar-refractivity contribution in [3.63, 3.8) is 0 Å². The molecule has 0 bridgehead atoms. The van der Waals surface area contributed by atoms with Gasteiger partial charge >= 0.3 is 12.1 Å². The van der Waals surface area contributed by atoms with Gasteiger partial charge in [0.1, 0.15) is 18.7 Å². The first-order chi connectivity index (χ1) is 24.3. The first-order valence-electron chi connectivity index (χ1n) is 16.7. The van der Waals surface area contributed by atoms with Gasteiger partial charge in [0.05, 0.1) is 12.4 Å². The number of benzene rings is 3. The number of ether oxygens (including phenoxy) is 1. The summed E-state index contributed by atoms with van der Waals surface area (Å²) in [6.07, 6.45) is -0.123. The van der Waals surface area contributed by atoms with Gasteiger partial charge in [-0.15, -0.1) is 0 Å². The molecule has 4 rings (SSSR count). The number of aryl methyl sites for hydroxylation is 1. The number of carbonyl (C=O) groups is 4. The number of primary amides is 1. The van der Waals surface area contributed by atoms with E-state index >= 15 is 0 Å². The Morgan fingerprint density at radius 3 is 2.12 bits per heavy atom. The van der Waals surface area contributed by atoms with Crippen LogP contribution in [0.5, 0.6) is 0 Å². The van der Waals surface area contributed by atoms with E-state index in [9.17, 15) is 32.7 Å². The number of amides is 5. The lowest BCUT2D eigenvalue weighted by Gasteiger charge is -2.25. The molecule has 0 aromatic heterocycles. The molecule has 0 fully saturated rings. The van der Waals surface area contributed by atoms with E-state index in [1.807, 2.05) is 48.5 Å². The molecule has 0 saturated carbocycles. The van der Waals surface area contributed by atoms with Crippen molar-refractivity contribution in [1.29, 1.82) is 0 Å². The van der Waals surface area contributed by atoms with Crippen molar-refractivity contribution < 1.29 is 42.0 Å². The van der Waals surface area contributed by atoms with Crippen LogP contribution in [0.1, 0.15) is 61.3 Å². The fraction of sp³-hybridized carbons (Fsp3) is 0.389. The number of nitrogens with two attached hydrogens (primary N) is 1. The largest absolute Gasteiger partial charge is 0.449 e. The molecule has 15 heteroatoms. The van der Waals surface area contributed by atoms with Gasteiger partial charge in [0.2, 0.25) is 11.8 Å². The van der Waals surface area contributed by atoms with Crippen LogP contribution >= 0.6 is 0 Å². The Kier molecular flexibility index (Phi) is 13.5. The number of nitrogens with one attached hydrogen (secondary N) is 4. The number of aliphatic hydroxyl groups is 1. The second-order valence-corrected chi connectivity index (χ2v) is 14.3. The fourth-order valence-electron chi connectivity index (χ4n) is 6.12. The van der Waals surface area contributed by atoms with Crippen molar-refractivity contribution in [2.75, 3.05) is 24.2 Å². The summed E-state index contributed by atoms with van der Waals surface area (Å²) in [5.41, 5.74) is 10.8. The number of hydrogen-bond donors (Lipinski definition) is 7. The molecule has 0 aliphatic heterocycles. The molecular formula is C36H45N5O9S. The zero-order valence-corrected chi connectivity index (χ0v) is 29.4. The minimum atomic E-state index is -4.17. The molecule has 0 spiro atoms. The lowest BCUT2D eigenvalue weighted by Crippen LogP contribution is -2.54. The van der Waals surface area contributed by atoms with E-state index in [1.54, 1.807) is 32.0 Å². The van der Waals surface area contributed by atoms with Crippen molar-refractivity contribution in [3.8, 4) is 11.1 Å². The molecule has 0 heterocycles. The van der Waals surface area contributed by atoms with Crippen LogP contribution in [0.25, 0.3) is 11.1 Å². The maximum absolute atomic E-state index is 13.6. The molecule has 3 aromatic rings. The smallest absolute Gasteiger partial charge is 0.407 e. The third-order valence-electron chi connectivity index (χ3n) is 8.66. The van der Waals surface area contributed by atoms with Crippen molar-refractivity contribution in [3.05, 3.63) is 89.0 Å². The summed E-state index contributed by atoms with van der Waals surface area (Å²) in [4.78, 5) is 51.4. The van der Waals surface area contributed by atoms with Crippen LogP contribution in [0.15, 0.2) is 66.7 Å². The summed E-state index contributed by atoms with van der Waals surface area (Å²) in [5.74, 6) is -2.24. The van der Waals surface area contributed by atoms with Crippen molar-refractivity contribution in [2.45, 2.75) is 64.1 Å². The molecule has 5 amide bonds. The Labute approximate surface area is 297 Å². The van der Waals surface area contributed by atoms with Gasteiger partial charge in [0.25, 0.3) is 10.1 Å². The highest BCUT2D eigenvalue weighted by Gasteiger charge is 2.32. The maximum Gasteiger partial charge on any atom is 0.407 e. The van der Waals surface area contributed by atoms with E-state index in [0.29, 0.717) is 16.8 Å². The molecule has 8 N–H and O–H groups in total. The average molecular weight is 724 g/mol. The maximum atomic E-state index is 13.6. The number of aliphatic hydroxyl groups excluding tert-OH is 1. The van der Waals surface area contributed by atoms with Crippen molar-refractivity contribution >= 4 is 39.7 Å². The normalized spacial score (nSPS) is 13.4. The monoisotopic (exact) mass is 723 g/mol. The highest BCUT2D eigenvalue weighted by Crippen LogP contribution is 2.44. The van der Waals surface area contributed by atoms with E-state index in [4.69, 9.17) is 15.0 Å². The molecule has 14 nitrogen and oxygen atoms in total. The van der Waals surface area contributed by atoms with Crippen LogP contribution in [0.4, 0.5) is 15.3 Å². The van der Waals surface area contributed by atoms with Crippen LogP contribution in [-0.2, 0) is 37.5 Å². The standard InChI is InChI=1S/C36H45N5O9S/c1-22(2)32(41-36(46)50-21-30-28-12-5-3-10-26(28)27-11-4-6-13-29(27)30)34(44)40-31(14-7-17-38-35(37)45)33(43)39-25-16-15-24(20-42)23(19-25)9-8-18-51(47,48)49/h3-6,10-13,15-16,19,22,30-32,42H,7-9,14,17-18,20-21H2,1-2H3,(H,39,43)(H,40,44)(H,41,46)(H3,37,38,45)(H,47,48,49)/t31-,32-/m0/s1. The average Bonchev–Trinajstić information content (AvgIpc) is 3.40. The zero-order valence-electron chi connectivity index (χ0n) is 28.6. The van der Waals surface area contributed by atoms with Gasteiger partial charge in [0, 0.05) is 18.2 Å². The minimum absolute atomic E-state index is 0.0526. The molecule has 0 saturated heterocycles. The Balaban J connectivity index is 1.43. The van der Waals surface area contributed by atoms with Crippen LogP contribution in [0.2, 0.25) is 0 Å². The number of fused-ring (bicyclic) bond motifs is 3. The van der Waals surface area contributed by atoms with Gasteiger partial charge in [-0.1, -0.05) is 68.4 Å². The third kappa shape index (κ3) is 11.0. The van der Waals surface area contributed by atoms with E-state index in [-0.39, 0.29) is 57.3 Å². The number of hydrogen-bond acceptors (Lipinski definition) is 8. The predicted molar refractivity (Wildman–Crippen MR) is 191 cm³/mol. The summed E-state index contributed by atoms with van der Waals surface area (Å²) in [6.45, 7) is 3.35. The van der Waals surface area contributed by atoms with Crippen LogP contribution in [-0.4, -0.2) is 73.0 Å². The predicted octanol–water partition coefficient (Wildman–Crippen LogP) is 3.43. The lowest BCUT2D eigenvalue weighted by molar-refractivity contribution is -0.128. The molecule has 1 aliphatic rings. The Morgan fingerprint density at radius 2 is 1.53 bits per heavy atom. The second-order valence-electron chi connectivity index (χ2n) is 12.7. The Morgan fingerprint density at radius 1 is 0.882 bits per heavy atom. The topological polar surface area (TPSA) is 226 Å². The third-order valence-corrected chi connectivity index (χ3v) is 9.47. The van der Waals surface area contributed by atoms with Crippen LogP contribution in [0.3, 0.4) is 0 Å². The molecule has 3 aromatic carbocycles. The van der Waals surface area contributed by atoms with Crippen LogP contribution < -0.4 is 27.0 Å². The molecule has 51 heavy (non-hydrogen) atoms. The van der Waals surface area contributed by atoms with Gasteiger partial charge in [-0.25, -0.2) is 9.59 Å². The highest BCUT2D eigenvalue weighted by atomic mass is 32.2. The first-order valence-corrected chi connectivity index (χ1v) is 18.3. The molecule has 0 radical (unpaired) electrons. The Hall–Kier alpha value is -4.99. The molecule has 0 unspecified atom stereocenters. The summed E-state index contributed by atoms with van der Waals surface area (Å²) in [6, 6.07) is 17.7. The van der Waals surface area contributed by atoms with Crippen LogP contribution in [0, 0.1) is 5.92 Å². The van der Waals surface area contributed by atoms with Crippen molar-refractivity contribution in [1.82, 2.24) is 16.0 Å². The molecule has 2 atom stereocenters. The van der Waals surface area contributed by atoms with Crippen molar-refractivity contribution in [2.24, 2.45) is 11.7 Å². The SMILES string of the molecule is CC(C)[C@H](NC(=O)OCC1c2ccccc2-c2ccccc21)C(=O)N[C@@H](CCCNC(N)=O)C(=O)Nc1ccc(CO)c(CCCS(=O)(=O)O)c1. The van der Waals surface area contributed by atoms with Gasteiger partial charge in [-0.05, 0) is 77.1 Å². The molecule has 1 aliphatic carbocycles. The molecule has 274 valence electrons. The lowest BCUT2D eigenvalue weighted by atomic mass is 9.98. The summed E-state index contributed by atoms with van der Waals surface area (Å²) >= 11 is 0. The quantitative estimate of drug-likeness (QED) is 0.0799. The number of anilines is 1. The molecular weight excluding hydrogens is 678 g/mol. The van der Waals surface area contributed by atoms with Gasteiger partial charge in [0.15, 0.2) is 0 Å². The number of alkyl carbamates (subject to hydrolysis) is 1. The van der Waals surface area contributed by atoms with E-state index in [0.717, 1.165) is 22.3 Å². The van der Waals surface area contributed by atoms with Gasteiger partial charge < -0.3 is 36.8 Å². The number of carbonyl (C=O) groups excluding carboxylic acids is 4. The highest BCUT2D eigenvalue weighted by molar-refractivity contribution is 7.85. The van der Waals surface area contributed by atoms with E-state index < -0.39 is 51.9 Å². The zero-order chi connectivity index (χ0) is 37.1. The summed E-state index contributed by atoms with van der Waals surface area (Å²) in [5, 5.41) is 20.3. The first kappa shape index (κ1) is 38.8. The van der Waals surface area contributed by atoms with E-state index in [2.05, 4.69) is 21.3 Å². The fourth-order valence-corrected chi connectivity index (χ4v) is 6.62. The second kappa shape index (κ2) is 17.8. The number of urea groups is 1. The van der Waals surface area contributed by atoms with Gasteiger partial charge in [-0.2, -0.15) is 8.42 Å². The summed E-state index contributed by atoms with van der Waals surface area (Å²) in [7, 11) is -4.17. The summed E-state index contributed by atoms with van der Waals surface area (Å²) < 4.78 is 37.1. The minimum Gasteiger partial charge on any atom is -0.449 e. The van der Waals surface area contributed by atoms with Gasteiger partial charge in [-0.3, -0.25) is 14.1 Å². The Bertz CT molecular complexity index is 1790. The number of rotatable bonds is 17.